The predicted octanol–water partition coefficient (Wildman–Crippen LogP) is 2.39. The first-order chi connectivity index (χ1) is 11.0. The van der Waals surface area contributed by atoms with E-state index in [1.165, 1.54) is 11.3 Å². The normalized spacial score (nSPS) is 18.6. The van der Waals surface area contributed by atoms with Crippen molar-refractivity contribution in [3.63, 3.8) is 0 Å². The summed E-state index contributed by atoms with van der Waals surface area (Å²) in [6.45, 7) is 2.81. The quantitative estimate of drug-likeness (QED) is 0.900. The van der Waals surface area contributed by atoms with Crippen LogP contribution in [0.3, 0.4) is 0 Å². The molecule has 1 aliphatic heterocycles. The van der Waals surface area contributed by atoms with E-state index in [4.69, 9.17) is 0 Å². The summed E-state index contributed by atoms with van der Waals surface area (Å²) in [7, 11) is -3.47. The maximum Gasteiger partial charge on any atom is 0.250 e. The summed E-state index contributed by atoms with van der Waals surface area (Å²) >= 11 is 1.18. The Morgan fingerprint density at radius 1 is 1.26 bits per heavy atom. The lowest BCUT2D eigenvalue weighted by Gasteiger charge is -2.17. The summed E-state index contributed by atoms with van der Waals surface area (Å²) < 4.78 is 27.2. The monoisotopic (exact) mass is 350 g/mol. The number of amides is 1. The highest BCUT2D eigenvalue weighted by atomic mass is 32.2. The Balaban J connectivity index is 1.63. The van der Waals surface area contributed by atoms with E-state index in [0.29, 0.717) is 17.2 Å². The van der Waals surface area contributed by atoms with Gasteiger partial charge in [0.2, 0.25) is 15.9 Å². The molecule has 1 amide bonds. The molecule has 1 aliphatic rings. The Labute approximate surface area is 140 Å². The van der Waals surface area contributed by atoms with Crippen molar-refractivity contribution in [2.45, 2.75) is 17.6 Å². The van der Waals surface area contributed by atoms with Gasteiger partial charge in [0.1, 0.15) is 4.21 Å². The summed E-state index contributed by atoms with van der Waals surface area (Å²) in [6.07, 6.45) is 0.362. The Morgan fingerprint density at radius 2 is 2.00 bits per heavy atom. The molecule has 1 atom stereocenters. The van der Waals surface area contributed by atoms with E-state index in [-0.39, 0.29) is 18.4 Å². The Hall–Kier alpha value is -1.70. The molecule has 1 saturated heterocycles. The van der Waals surface area contributed by atoms with Gasteiger partial charge in [-0.2, -0.15) is 0 Å². The summed E-state index contributed by atoms with van der Waals surface area (Å²) in [4.78, 5) is 13.9. The van der Waals surface area contributed by atoms with Crippen LogP contribution in [-0.2, 0) is 14.8 Å². The number of aryl methyl sites for hydroxylation is 1. The third-order valence-corrected chi connectivity index (χ3v) is 6.69. The molecule has 0 spiro atoms. The summed E-state index contributed by atoms with van der Waals surface area (Å²) in [5.41, 5.74) is 2.00. The lowest BCUT2D eigenvalue weighted by molar-refractivity contribution is -0.117. The fourth-order valence-corrected chi connectivity index (χ4v) is 4.76. The van der Waals surface area contributed by atoms with Crippen molar-refractivity contribution in [3.8, 4) is 0 Å². The predicted molar refractivity (Wildman–Crippen MR) is 91.1 cm³/mol. The molecule has 1 fully saturated rings. The highest BCUT2D eigenvalue weighted by Crippen LogP contribution is 2.25. The van der Waals surface area contributed by atoms with E-state index < -0.39 is 10.0 Å². The smallest absolute Gasteiger partial charge is 0.250 e. The maximum atomic E-state index is 12.2. The molecule has 2 heterocycles. The van der Waals surface area contributed by atoms with Gasteiger partial charge >= 0.3 is 0 Å². The molecule has 0 aliphatic carbocycles. The fraction of sp³-hybridized carbons (Fsp3) is 0.312. The number of benzene rings is 1. The van der Waals surface area contributed by atoms with Gasteiger partial charge < -0.3 is 4.90 Å². The zero-order chi connectivity index (χ0) is 16.4. The van der Waals surface area contributed by atoms with Crippen LogP contribution >= 0.6 is 11.3 Å². The van der Waals surface area contributed by atoms with Crippen LogP contribution in [0.1, 0.15) is 12.0 Å². The number of carbonyl (C=O) groups is 1. The standard InChI is InChI=1S/C16H18N2O3S2/c1-12-4-6-14(7-5-12)18-11-13(9-15(18)19)10-17-23(20,21)16-3-2-8-22-16/h2-8,13,17H,9-11H2,1H3. The number of nitrogens with zero attached hydrogens (tertiary/aromatic N) is 1. The minimum absolute atomic E-state index is 0.0152. The van der Waals surface area contributed by atoms with Crippen LogP contribution in [0.15, 0.2) is 46.0 Å². The van der Waals surface area contributed by atoms with Gasteiger partial charge in [-0.3, -0.25) is 4.79 Å². The summed E-state index contributed by atoms with van der Waals surface area (Å²) in [6, 6.07) is 11.1. The van der Waals surface area contributed by atoms with Crippen molar-refractivity contribution in [2.75, 3.05) is 18.0 Å². The minimum Gasteiger partial charge on any atom is -0.312 e. The third kappa shape index (κ3) is 3.63. The average molecular weight is 350 g/mol. The van der Waals surface area contributed by atoms with E-state index in [1.807, 2.05) is 31.2 Å². The van der Waals surface area contributed by atoms with E-state index in [2.05, 4.69) is 4.72 Å². The molecular formula is C16H18N2O3S2. The van der Waals surface area contributed by atoms with Crippen molar-refractivity contribution in [1.29, 1.82) is 0 Å². The van der Waals surface area contributed by atoms with E-state index in [9.17, 15) is 13.2 Å². The van der Waals surface area contributed by atoms with Crippen molar-refractivity contribution < 1.29 is 13.2 Å². The van der Waals surface area contributed by atoms with Crippen molar-refractivity contribution in [2.24, 2.45) is 5.92 Å². The van der Waals surface area contributed by atoms with Gasteiger partial charge in [0.05, 0.1) is 0 Å². The van der Waals surface area contributed by atoms with E-state index in [1.54, 1.807) is 22.4 Å². The topological polar surface area (TPSA) is 66.5 Å². The summed E-state index contributed by atoms with van der Waals surface area (Å²) in [5, 5.41) is 1.73. The molecule has 1 unspecified atom stereocenters. The van der Waals surface area contributed by atoms with E-state index in [0.717, 1.165) is 11.3 Å². The second-order valence-electron chi connectivity index (χ2n) is 5.69. The highest BCUT2D eigenvalue weighted by Gasteiger charge is 2.31. The zero-order valence-electron chi connectivity index (χ0n) is 12.7. The van der Waals surface area contributed by atoms with Crippen molar-refractivity contribution >= 4 is 33.0 Å². The molecule has 1 aromatic heterocycles. The van der Waals surface area contributed by atoms with Gasteiger partial charge in [0.15, 0.2) is 0 Å². The molecule has 7 heteroatoms. The molecule has 122 valence electrons. The van der Waals surface area contributed by atoms with Gasteiger partial charge in [-0.25, -0.2) is 13.1 Å². The number of hydrogen-bond acceptors (Lipinski definition) is 4. The Kier molecular flexibility index (Phi) is 4.52. The van der Waals surface area contributed by atoms with Crippen LogP contribution in [-0.4, -0.2) is 27.4 Å². The lowest BCUT2D eigenvalue weighted by Crippen LogP contribution is -2.31. The second kappa shape index (κ2) is 6.43. The Bertz CT molecular complexity index is 783. The molecule has 5 nitrogen and oxygen atoms in total. The largest absolute Gasteiger partial charge is 0.312 e. The van der Waals surface area contributed by atoms with Gasteiger partial charge in [-0.15, -0.1) is 11.3 Å². The second-order valence-corrected chi connectivity index (χ2v) is 8.64. The average Bonchev–Trinajstić information content (AvgIpc) is 3.16. The molecule has 0 radical (unpaired) electrons. The van der Waals surface area contributed by atoms with Crippen molar-refractivity contribution in [1.82, 2.24) is 4.72 Å². The SMILES string of the molecule is Cc1ccc(N2CC(CNS(=O)(=O)c3cccs3)CC2=O)cc1. The number of hydrogen-bond donors (Lipinski definition) is 1. The fourth-order valence-electron chi connectivity index (χ4n) is 2.61. The van der Waals surface area contributed by atoms with E-state index >= 15 is 0 Å². The Morgan fingerprint density at radius 3 is 2.65 bits per heavy atom. The summed E-state index contributed by atoms with van der Waals surface area (Å²) in [5.74, 6) is 0.0210. The molecular weight excluding hydrogens is 332 g/mol. The maximum absolute atomic E-state index is 12.2. The zero-order valence-corrected chi connectivity index (χ0v) is 14.4. The highest BCUT2D eigenvalue weighted by molar-refractivity contribution is 7.91. The molecule has 23 heavy (non-hydrogen) atoms. The van der Waals surface area contributed by atoms with Crippen LogP contribution < -0.4 is 9.62 Å². The number of rotatable bonds is 5. The van der Waals surface area contributed by atoms with Crippen LogP contribution in [0.5, 0.6) is 0 Å². The van der Waals surface area contributed by atoms with Gasteiger partial charge in [0, 0.05) is 25.2 Å². The van der Waals surface area contributed by atoms with Gasteiger partial charge in [-0.1, -0.05) is 23.8 Å². The molecule has 0 saturated carbocycles. The minimum atomic E-state index is -3.47. The van der Waals surface area contributed by atoms with Crippen LogP contribution in [0.25, 0.3) is 0 Å². The number of sulfonamides is 1. The number of carbonyl (C=O) groups excluding carboxylic acids is 1. The molecule has 2 aromatic rings. The lowest BCUT2D eigenvalue weighted by atomic mass is 10.1. The molecule has 3 rings (SSSR count). The number of thiophene rings is 1. The first-order valence-corrected chi connectivity index (χ1v) is 9.72. The number of anilines is 1. The number of nitrogens with one attached hydrogen (secondary N) is 1. The van der Waals surface area contributed by atoms with Crippen LogP contribution in [0.4, 0.5) is 5.69 Å². The first kappa shape index (κ1) is 16.2. The first-order valence-electron chi connectivity index (χ1n) is 7.36. The van der Waals surface area contributed by atoms with Gasteiger partial charge in [-0.05, 0) is 36.4 Å². The van der Waals surface area contributed by atoms with Crippen LogP contribution in [0, 0.1) is 12.8 Å². The van der Waals surface area contributed by atoms with Crippen molar-refractivity contribution in [3.05, 3.63) is 47.3 Å². The molecule has 1 N–H and O–H groups in total. The molecule has 0 bridgehead atoms. The third-order valence-electron chi connectivity index (χ3n) is 3.87. The van der Waals surface area contributed by atoms with Crippen LogP contribution in [0.2, 0.25) is 0 Å². The molecule has 1 aromatic carbocycles. The van der Waals surface area contributed by atoms with Gasteiger partial charge in [0.25, 0.3) is 0 Å².